The highest BCUT2D eigenvalue weighted by Gasteiger charge is 2.58. The summed E-state index contributed by atoms with van der Waals surface area (Å²) in [5.74, 6) is -0.181. The minimum absolute atomic E-state index is 0.0249. The first-order chi connectivity index (χ1) is 15.3. The van der Waals surface area contributed by atoms with Gasteiger partial charge in [-0.25, -0.2) is 0 Å². The monoisotopic (exact) mass is 508 g/mol. The van der Waals surface area contributed by atoms with Crippen molar-refractivity contribution in [3.05, 3.63) is 50.5 Å². The summed E-state index contributed by atoms with van der Waals surface area (Å²) in [7, 11) is -2.00. The first-order valence-corrected chi connectivity index (χ1v) is 15.3. The van der Waals surface area contributed by atoms with Crippen LogP contribution in [0.3, 0.4) is 0 Å². The summed E-state index contributed by atoms with van der Waals surface area (Å²) in [5.41, 5.74) is 1.48. The van der Waals surface area contributed by atoms with Crippen molar-refractivity contribution in [1.82, 2.24) is 4.90 Å². The number of carbonyl (C=O) groups is 1. The molecule has 1 fully saturated rings. The van der Waals surface area contributed by atoms with Crippen molar-refractivity contribution in [3.63, 3.8) is 0 Å². The van der Waals surface area contributed by atoms with Gasteiger partial charge in [-0.2, -0.15) is 0 Å². The Morgan fingerprint density at radius 1 is 1.30 bits per heavy atom. The molecule has 1 saturated heterocycles. The molecule has 1 amide bonds. The molecule has 33 heavy (non-hydrogen) atoms. The topological polar surface area (TPSA) is 81.9 Å². The smallest absolute Gasteiger partial charge is 0.269 e. The summed E-state index contributed by atoms with van der Waals surface area (Å²) in [4.78, 5) is 26.4. The Bertz CT molecular complexity index is 988. The number of benzene rings is 1. The number of amides is 1. The molecule has 0 saturated carbocycles. The molecule has 0 bridgehead atoms. The standard InChI is InChI=1S/C23H32N2O5S2Si/c1-8-17-19(22(31)29-13-15-9-11-16(12-10-15)25(27)28)24-20(26)18(21(24)32-17)14(2)30-33(6,7)23(3,4)5/h9-12,14,18,21H,8,13H2,1-7H3/t14-,18+,21-/m1/s1. The number of non-ortho nitro benzene ring substituents is 1. The average molecular weight is 509 g/mol. The second-order valence-corrected chi connectivity index (χ2v) is 16.3. The van der Waals surface area contributed by atoms with Crippen molar-refractivity contribution in [1.29, 1.82) is 0 Å². The predicted molar refractivity (Wildman–Crippen MR) is 137 cm³/mol. The number of thiocarbonyl (C=S) groups is 1. The summed E-state index contributed by atoms with van der Waals surface area (Å²) < 4.78 is 12.4. The Morgan fingerprint density at radius 2 is 1.91 bits per heavy atom. The summed E-state index contributed by atoms with van der Waals surface area (Å²) in [6, 6.07) is 6.17. The van der Waals surface area contributed by atoms with Gasteiger partial charge in [0.2, 0.25) is 11.0 Å². The summed E-state index contributed by atoms with van der Waals surface area (Å²) in [6.07, 6.45) is 0.588. The van der Waals surface area contributed by atoms with Crippen LogP contribution in [0.2, 0.25) is 18.1 Å². The van der Waals surface area contributed by atoms with E-state index in [4.69, 9.17) is 21.4 Å². The van der Waals surface area contributed by atoms with Crippen LogP contribution in [-0.2, 0) is 20.6 Å². The van der Waals surface area contributed by atoms with E-state index < -0.39 is 13.2 Å². The van der Waals surface area contributed by atoms with Crippen LogP contribution in [0.25, 0.3) is 0 Å². The number of ether oxygens (including phenoxy) is 1. The van der Waals surface area contributed by atoms with E-state index in [2.05, 4.69) is 33.9 Å². The normalized spacial score (nSPS) is 21.5. The van der Waals surface area contributed by atoms with Crippen molar-refractivity contribution in [2.45, 2.75) is 77.3 Å². The van der Waals surface area contributed by atoms with Crippen LogP contribution < -0.4 is 0 Å². The van der Waals surface area contributed by atoms with Crippen LogP contribution in [0.4, 0.5) is 5.69 Å². The molecule has 0 aliphatic carbocycles. The molecule has 3 rings (SSSR count). The number of fused-ring (bicyclic) bond motifs is 1. The van der Waals surface area contributed by atoms with Gasteiger partial charge >= 0.3 is 0 Å². The molecule has 1 aromatic rings. The quantitative estimate of drug-likeness (QED) is 0.140. The van der Waals surface area contributed by atoms with E-state index in [1.54, 1.807) is 28.8 Å². The number of hydrogen-bond acceptors (Lipinski definition) is 7. The molecule has 0 spiro atoms. The zero-order valence-electron chi connectivity index (χ0n) is 20.2. The van der Waals surface area contributed by atoms with Crippen LogP contribution in [0.5, 0.6) is 0 Å². The van der Waals surface area contributed by atoms with Gasteiger partial charge in [-0.05, 0) is 61.4 Å². The van der Waals surface area contributed by atoms with Crippen molar-refractivity contribution in [2.75, 3.05) is 0 Å². The molecular formula is C23H32N2O5S2Si. The van der Waals surface area contributed by atoms with Crippen LogP contribution in [-0.4, -0.2) is 40.6 Å². The van der Waals surface area contributed by atoms with Crippen LogP contribution in [0.15, 0.2) is 34.9 Å². The van der Waals surface area contributed by atoms with E-state index in [0.29, 0.717) is 5.70 Å². The molecule has 0 aromatic heterocycles. The number of carbonyl (C=O) groups excluding carboxylic acids is 1. The molecular weight excluding hydrogens is 476 g/mol. The van der Waals surface area contributed by atoms with Gasteiger partial charge in [0.05, 0.1) is 16.9 Å². The molecule has 7 nitrogen and oxygen atoms in total. The lowest BCUT2D eigenvalue weighted by atomic mass is 9.92. The average Bonchev–Trinajstić information content (AvgIpc) is 3.05. The fraction of sp³-hybridized carbons (Fsp3) is 0.565. The summed E-state index contributed by atoms with van der Waals surface area (Å²) >= 11 is 7.24. The number of nitro groups is 1. The summed E-state index contributed by atoms with van der Waals surface area (Å²) in [5, 5.41) is 11.2. The number of rotatable bonds is 8. The van der Waals surface area contributed by atoms with E-state index >= 15 is 0 Å². The number of allylic oxidation sites excluding steroid dienone is 1. The number of nitrogens with zero attached hydrogens (tertiary/aromatic N) is 2. The lowest BCUT2D eigenvalue weighted by Crippen LogP contribution is -2.62. The van der Waals surface area contributed by atoms with Gasteiger partial charge in [-0.1, -0.05) is 27.7 Å². The van der Waals surface area contributed by atoms with Gasteiger partial charge in [-0.15, -0.1) is 11.8 Å². The molecule has 1 aromatic carbocycles. The highest BCUT2D eigenvalue weighted by Crippen LogP contribution is 2.52. The Morgan fingerprint density at radius 3 is 2.42 bits per heavy atom. The lowest BCUT2D eigenvalue weighted by molar-refractivity contribution is -0.384. The minimum atomic E-state index is -2.00. The second kappa shape index (κ2) is 9.48. The second-order valence-electron chi connectivity index (χ2n) is 9.95. The fourth-order valence-electron chi connectivity index (χ4n) is 3.73. The Hall–Kier alpha value is -1.75. The molecule has 180 valence electrons. The maximum absolute atomic E-state index is 13.2. The Labute approximate surface area is 206 Å². The van der Waals surface area contributed by atoms with Crippen molar-refractivity contribution < 1.29 is 18.9 Å². The third-order valence-corrected chi connectivity index (χ3v) is 13.1. The molecule has 0 unspecified atom stereocenters. The van der Waals surface area contributed by atoms with Crippen LogP contribution >= 0.6 is 24.0 Å². The van der Waals surface area contributed by atoms with Gasteiger partial charge in [0.25, 0.3) is 5.69 Å². The number of β-lactam (4-membered cyclic amide) rings is 1. The van der Waals surface area contributed by atoms with Crippen molar-refractivity contribution >= 4 is 48.9 Å². The third-order valence-electron chi connectivity index (χ3n) is 6.68. The first kappa shape index (κ1) is 25.9. The molecule has 3 atom stereocenters. The van der Waals surface area contributed by atoms with E-state index in [9.17, 15) is 14.9 Å². The number of nitro benzene ring substituents is 1. The highest BCUT2D eigenvalue weighted by atomic mass is 32.2. The molecule has 2 aliphatic heterocycles. The lowest BCUT2D eigenvalue weighted by Gasteiger charge is -2.48. The van der Waals surface area contributed by atoms with Gasteiger partial charge < -0.3 is 9.16 Å². The minimum Gasteiger partial charge on any atom is -0.477 e. The fourth-order valence-corrected chi connectivity index (χ4v) is 7.06. The maximum Gasteiger partial charge on any atom is 0.269 e. The van der Waals surface area contributed by atoms with E-state index in [0.717, 1.165) is 16.9 Å². The SMILES string of the molecule is CCC1=C(C(=S)OCc2ccc([N+](=O)[O-])cc2)N2C(=O)[C@H]([C@@H](C)O[Si](C)(C)C(C)(C)C)[C@H]2S1. The molecule has 0 radical (unpaired) electrons. The van der Waals surface area contributed by atoms with Crippen LogP contribution in [0.1, 0.15) is 46.6 Å². The van der Waals surface area contributed by atoms with E-state index in [1.807, 2.05) is 13.8 Å². The van der Waals surface area contributed by atoms with E-state index in [-0.39, 0.29) is 45.7 Å². The van der Waals surface area contributed by atoms with Crippen molar-refractivity contribution in [2.24, 2.45) is 5.92 Å². The molecule has 2 aliphatic rings. The first-order valence-electron chi connectivity index (χ1n) is 11.1. The van der Waals surface area contributed by atoms with Gasteiger partial charge in [0.15, 0.2) is 8.32 Å². The van der Waals surface area contributed by atoms with Gasteiger partial charge in [0, 0.05) is 17.0 Å². The molecule has 0 N–H and O–H groups in total. The van der Waals surface area contributed by atoms with Crippen molar-refractivity contribution in [3.8, 4) is 0 Å². The van der Waals surface area contributed by atoms with Crippen LogP contribution in [0, 0.1) is 16.0 Å². The number of thioether (sulfide) groups is 1. The zero-order chi connectivity index (χ0) is 24.7. The Kier molecular flexibility index (Phi) is 7.43. The summed E-state index contributed by atoms with van der Waals surface area (Å²) in [6.45, 7) is 15.2. The zero-order valence-corrected chi connectivity index (χ0v) is 22.8. The van der Waals surface area contributed by atoms with Gasteiger partial charge in [-0.3, -0.25) is 19.8 Å². The molecule has 2 heterocycles. The Balaban J connectivity index is 1.68. The maximum atomic E-state index is 13.2. The number of hydrogen-bond donors (Lipinski definition) is 0. The molecule has 10 heteroatoms. The highest BCUT2D eigenvalue weighted by molar-refractivity contribution is 8.04. The largest absolute Gasteiger partial charge is 0.477 e. The van der Waals surface area contributed by atoms with Gasteiger partial charge in [0.1, 0.15) is 17.7 Å². The predicted octanol–water partition coefficient (Wildman–Crippen LogP) is 6.00. The van der Waals surface area contributed by atoms with E-state index in [1.165, 1.54) is 12.1 Å². The third kappa shape index (κ3) is 5.03.